The Morgan fingerprint density at radius 3 is 2.83 bits per heavy atom. The van der Waals surface area contributed by atoms with E-state index in [4.69, 9.17) is 4.74 Å². The minimum absolute atomic E-state index is 0.0707. The lowest BCUT2D eigenvalue weighted by Gasteiger charge is -2.35. The molecule has 0 radical (unpaired) electrons. The predicted octanol–water partition coefficient (Wildman–Crippen LogP) is 2.31. The molecule has 1 fully saturated rings. The lowest BCUT2D eigenvalue weighted by molar-refractivity contribution is -0.127. The van der Waals surface area contributed by atoms with Crippen molar-refractivity contribution in [1.29, 1.82) is 0 Å². The fraction of sp³-hybridized carbons (Fsp3) is 0.500. The fourth-order valence-corrected chi connectivity index (χ4v) is 3.90. The van der Waals surface area contributed by atoms with E-state index >= 15 is 0 Å². The molecule has 2 amide bonds. The molecular weight excluding hydrogens is 368 g/mol. The number of aryl methyl sites for hydroxylation is 2. The van der Waals surface area contributed by atoms with Gasteiger partial charge in [-0.3, -0.25) is 9.59 Å². The summed E-state index contributed by atoms with van der Waals surface area (Å²) in [4.78, 5) is 29.2. The van der Waals surface area contributed by atoms with Crippen LogP contribution in [0.25, 0.3) is 0 Å². The highest BCUT2D eigenvalue weighted by Crippen LogP contribution is 2.27. The molecular formula is C22H30N4O3. The van der Waals surface area contributed by atoms with Gasteiger partial charge in [-0.1, -0.05) is 18.2 Å². The Kier molecular flexibility index (Phi) is 7.41. The number of rotatable bonds is 8. The summed E-state index contributed by atoms with van der Waals surface area (Å²) in [5.74, 6) is -0.0984. The number of ether oxygens (including phenoxy) is 1. The molecule has 0 spiro atoms. The number of methoxy groups -OCH3 is 1. The number of nitrogens with zero attached hydrogens (tertiary/aromatic N) is 2. The van der Waals surface area contributed by atoms with Crippen LogP contribution in [0.15, 0.2) is 43.0 Å². The molecule has 1 aliphatic rings. The second kappa shape index (κ2) is 10.2. The topological polar surface area (TPSA) is 85.2 Å². The van der Waals surface area contributed by atoms with E-state index in [1.807, 2.05) is 42.0 Å². The SMILES string of the molecule is CO[C@H]1C[C@@H](C(=O)NCCCn2ccnc2)CC[C@@H]1NC(=O)c1ccccc1C. The number of amides is 2. The summed E-state index contributed by atoms with van der Waals surface area (Å²) in [6.07, 6.45) is 8.21. The Hall–Kier alpha value is -2.67. The molecule has 1 aromatic carbocycles. The summed E-state index contributed by atoms with van der Waals surface area (Å²) in [5.41, 5.74) is 1.63. The molecule has 3 rings (SSSR count). The molecule has 0 aliphatic heterocycles. The summed E-state index contributed by atoms with van der Waals surface area (Å²) >= 11 is 0. The Labute approximate surface area is 171 Å². The van der Waals surface area contributed by atoms with E-state index in [1.165, 1.54) is 0 Å². The second-order valence-corrected chi connectivity index (χ2v) is 7.62. The van der Waals surface area contributed by atoms with Crippen LogP contribution in [0, 0.1) is 12.8 Å². The van der Waals surface area contributed by atoms with Crippen molar-refractivity contribution >= 4 is 11.8 Å². The molecule has 3 atom stereocenters. The van der Waals surface area contributed by atoms with Gasteiger partial charge in [-0.15, -0.1) is 0 Å². The molecule has 1 heterocycles. The first-order valence-electron chi connectivity index (χ1n) is 10.2. The summed E-state index contributed by atoms with van der Waals surface area (Å²) in [7, 11) is 1.64. The smallest absolute Gasteiger partial charge is 0.251 e. The molecule has 1 saturated carbocycles. The van der Waals surface area contributed by atoms with E-state index in [-0.39, 0.29) is 29.9 Å². The van der Waals surface area contributed by atoms with Crippen LogP contribution >= 0.6 is 0 Å². The van der Waals surface area contributed by atoms with Gasteiger partial charge in [0.2, 0.25) is 5.91 Å². The van der Waals surface area contributed by atoms with Crippen molar-refractivity contribution in [3.63, 3.8) is 0 Å². The molecule has 156 valence electrons. The van der Waals surface area contributed by atoms with Crippen LogP contribution in [0.2, 0.25) is 0 Å². The number of benzene rings is 1. The highest BCUT2D eigenvalue weighted by atomic mass is 16.5. The van der Waals surface area contributed by atoms with E-state index in [9.17, 15) is 9.59 Å². The maximum absolute atomic E-state index is 12.6. The van der Waals surface area contributed by atoms with E-state index in [0.717, 1.165) is 31.4 Å². The summed E-state index contributed by atoms with van der Waals surface area (Å²) in [6.45, 7) is 3.40. The number of nitrogens with one attached hydrogen (secondary N) is 2. The van der Waals surface area contributed by atoms with Gasteiger partial charge in [0, 0.05) is 44.1 Å². The number of hydrogen-bond donors (Lipinski definition) is 2. The van der Waals surface area contributed by atoms with Crippen LogP contribution in [0.1, 0.15) is 41.6 Å². The predicted molar refractivity (Wildman–Crippen MR) is 110 cm³/mol. The van der Waals surface area contributed by atoms with Gasteiger partial charge in [0.1, 0.15) is 0 Å². The van der Waals surface area contributed by atoms with Crippen molar-refractivity contribution in [2.45, 2.75) is 51.3 Å². The van der Waals surface area contributed by atoms with Crippen LogP contribution in [0.5, 0.6) is 0 Å². The zero-order valence-electron chi connectivity index (χ0n) is 17.1. The lowest BCUT2D eigenvalue weighted by atomic mass is 9.83. The molecule has 0 saturated heterocycles. The zero-order chi connectivity index (χ0) is 20.6. The number of hydrogen-bond acceptors (Lipinski definition) is 4. The lowest BCUT2D eigenvalue weighted by Crippen LogP contribution is -2.50. The van der Waals surface area contributed by atoms with Gasteiger partial charge in [-0.2, -0.15) is 0 Å². The maximum atomic E-state index is 12.6. The molecule has 0 bridgehead atoms. The van der Waals surface area contributed by atoms with Crippen LogP contribution in [-0.4, -0.2) is 47.2 Å². The minimum Gasteiger partial charge on any atom is -0.379 e. The highest BCUT2D eigenvalue weighted by molar-refractivity contribution is 5.95. The Morgan fingerprint density at radius 1 is 1.28 bits per heavy atom. The third kappa shape index (κ3) is 5.67. The standard InChI is InChI=1S/C22H30N4O3/c1-16-6-3-4-7-18(16)22(28)25-19-9-8-17(14-20(19)29-2)21(27)24-10-5-12-26-13-11-23-15-26/h3-4,6-7,11,13,15,17,19-20H,5,8-10,12,14H2,1-2H3,(H,24,27)(H,25,28)/t17-,19-,20-/m0/s1. The van der Waals surface area contributed by atoms with Crippen molar-refractivity contribution in [1.82, 2.24) is 20.2 Å². The normalized spacial score (nSPS) is 21.5. The quantitative estimate of drug-likeness (QED) is 0.668. The largest absolute Gasteiger partial charge is 0.379 e. The fourth-order valence-electron chi connectivity index (χ4n) is 3.90. The summed E-state index contributed by atoms with van der Waals surface area (Å²) in [5, 5.41) is 6.13. The van der Waals surface area contributed by atoms with Gasteiger partial charge in [0.25, 0.3) is 5.91 Å². The summed E-state index contributed by atoms with van der Waals surface area (Å²) < 4.78 is 7.62. The molecule has 7 nitrogen and oxygen atoms in total. The Balaban J connectivity index is 1.46. The number of carbonyl (C=O) groups is 2. The van der Waals surface area contributed by atoms with E-state index in [2.05, 4.69) is 15.6 Å². The Morgan fingerprint density at radius 2 is 2.10 bits per heavy atom. The number of aromatic nitrogens is 2. The van der Waals surface area contributed by atoms with E-state index < -0.39 is 0 Å². The van der Waals surface area contributed by atoms with Gasteiger partial charge >= 0.3 is 0 Å². The Bertz CT molecular complexity index is 806. The van der Waals surface area contributed by atoms with Crippen molar-refractivity contribution < 1.29 is 14.3 Å². The average Bonchev–Trinajstić information content (AvgIpc) is 3.25. The van der Waals surface area contributed by atoms with Crippen molar-refractivity contribution in [3.05, 3.63) is 54.1 Å². The van der Waals surface area contributed by atoms with Crippen LogP contribution < -0.4 is 10.6 Å². The minimum atomic E-state index is -0.168. The first-order valence-corrected chi connectivity index (χ1v) is 10.2. The van der Waals surface area contributed by atoms with Gasteiger partial charge in [0.15, 0.2) is 0 Å². The maximum Gasteiger partial charge on any atom is 0.251 e. The third-order valence-electron chi connectivity index (χ3n) is 5.62. The van der Waals surface area contributed by atoms with Crippen LogP contribution in [0.3, 0.4) is 0 Å². The van der Waals surface area contributed by atoms with Gasteiger partial charge in [0.05, 0.1) is 18.5 Å². The zero-order valence-corrected chi connectivity index (χ0v) is 17.1. The van der Waals surface area contributed by atoms with Crippen LogP contribution in [0.4, 0.5) is 0 Å². The molecule has 7 heteroatoms. The van der Waals surface area contributed by atoms with Crippen molar-refractivity contribution in [3.8, 4) is 0 Å². The van der Waals surface area contributed by atoms with Gasteiger partial charge in [-0.25, -0.2) is 4.98 Å². The highest BCUT2D eigenvalue weighted by Gasteiger charge is 2.35. The van der Waals surface area contributed by atoms with Gasteiger partial charge in [-0.05, 0) is 44.2 Å². The van der Waals surface area contributed by atoms with Crippen LogP contribution in [-0.2, 0) is 16.1 Å². The molecule has 0 unspecified atom stereocenters. The van der Waals surface area contributed by atoms with Gasteiger partial charge < -0.3 is 19.9 Å². The molecule has 29 heavy (non-hydrogen) atoms. The monoisotopic (exact) mass is 398 g/mol. The third-order valence-corrected chi connectivity index (χ3v) is 5.62. The van der Waals surface area contributed by atoms with E-state index in [1.54, 1.807) is 19.6 Å². The van der Waals surface area contributed by atoms with Crippen molar-refractivity contribution in [2.24, 2.45) is 5.92 Å². The average molecular weight is 399 g/mol. The van der Waals surface area contributed by atoms with Crippen molar-refractivity contribution in [2.75, 3.05) is 13.7 Å². The molecule has 2 aromatic rings. The first-order chi connectivity index (χ1) is 14.1. The summed E-state index contributed by atoms with van der Waals surface area (Å²) in [6, 6.07) is 7.46. The first kappa shape index (κ1) is 21.0. The molecule has 1 aromatic heterocycles. The van der Waals surface area contributed by atoms with E-state index in [0.29, 0.717) is 18.5 Å². The number of imidazole rings is 1. The molecule has 1 aliphatic carbocycles. The second-order valence-electron chi connectivity index (χ2n) is 7.62. The number of carbonyl (C=O) groups excluding carboxylic acids is 2. The molecule has 2 N–H and O–H groups in total.